The molecule has 0 aliphatic rings. The number of hydrogen-bond donors (Lipinski definition) is 0. The van der Waals surface area contributed by atoms with Crippen LogP contribution in [0, 0.1) is 0 Å². The van der Waals surface area contributed by atoms with E-state index < -0.39 is 16.1 Å². The van der Waals surface area contributed by atoms with Crippen molar-refractivity contribution in [3.8, 4) is 11.5 Å². The summed E-state index contributed by atoms with van der Waals surface area (Å²) in [5, 5.41) is 10.3. The summed E-state index contributed by atoms with van der Waals surface area (Å²) in [5.41, 5.74) is 0. The molecule has 0 fully saturated rings. The fourth-order valence-electron chi connectivity index (χ4n) is 7.91. The van der Waals surface area contributed by atoms with Crippen molar-refractivity contribution in [1.82, 2.24) is 0 Å². The summed E-state index contributed by atoms with van der Waals surface area (Å²) in [4.78, 5) is 0. The quantitative estimate of drug-likeness (QED) is 0.123. The number of ether oxygens (including phenoxy) is 1. The molecule has 0 saturated heterocycles. The van der Waals surface area contributed by atoms with E-state index in [4.69, 9.17) is 4.74 Å². The third kappa shape index (κ3) is 5.77. The topological polar surface area (TPSA) is 9.23 Å². The molecule has 0 unspecified atom stereocenters. The molecule has 0 aromatic heterocycles. The van der Waals surface area contributed by atoms with Crippen molar-refractivity contribution in [2.45, 2.75) is 0 Å². The highest BCUT2D eigenvalue weighted by Gasteiger charge is 2.45. The lowest BCUT2D eigenvalue weighted by Crippen LogP contribution is -2.75. The van der Waals surface area contributed by atoms with Crippen LogP contribution in [0.2, 0.25) is 0 Å². The molecule has 0 bridgehead atoms. The second-order valence-electron chi connectivity index (χ2n) is 12.8. The van der Waals surface area contributed by atoms with Gasteiger partial charge in [-0.3, -0.25) is 0 Å². The van der Waals surface area contributed by atoms with Gasteiger partial charge in [0.2, 0.25) is 0 Å². The van der Waals surface area contributed by atoms with Crippen molar-refractivity contribution in [3.05, 3.63) is 231 Å². The Morgan fingerprint density at radius 2 is 0.412 bits per heavy atom. The van der Waals surface area contributed by atoms with Crippen molar-refractivity contribution in [1.29, 1.82) is 0 Å². The molecule has 0 radical (unpaired) electrons. The first-order valence-electron chi connectivity index (χ1n) is 17.5. The summed E-state index contributed by atoms with van der Waals surface area (Å²) in [7, 11) is -5.73. The van der Waals surface area contributed by atoms with Gasteiger partial charge in [0, 0.05) is 0 Å². The first kappa shape index (κ1) is 32.2. The van der Waals surface area contributed by atoms with Crippen molar-refractivity contribution in [2.24, 2.45) is 0 Å². The fourth-order valence-corrected chi connectivity index (χ4v) is 17.6. The Kier molecular flexibility index (Phi) is 9.13. The maximum atomic E-state index is 7.45. The largest absolute Gasteiger partial charge is 0.458 e. The van der Waals surface area contributed by atoms with E-state index in [2.05, 4.69) is 231 Å². The average molecular weight is 687 g/mol. The Morgan fingerprint density at radius 3 is 0.647 bits per heavy atom. The molecule has 244 valence electrons. The molecule has 1 nitrogen and oxygen atoms in total. The molecule has 0 spiro atoms. The number of benzene rings is 8. The minimum Gasteiger partial charge on any atom is -0.458 e. The molecular formula is C48H38OSi2. The summed E-state index contributed by atoms with van der Waals surface area (Å²) >= 11 is 0. The monoisotopic (exact) mass is 686 g/mol. The lowest BCUT2D eigenvalue weighted by atomic mass is 10.3. The molecule has 0 saturated carbocycles. The SMILES string of the molecule is c1ccc([Si](c2ccccc2)(c2ccccc2)c2ccccc2Oc2ccccc2[Si](c2ccccc2)(c2ccccc2)c2ccccc2)cc1. The smallest absolute Gasteiger partial charge is 0.183 e. The summed E-state index contributed by atoms with van der Waals surface area (Å²) in [6.45, 7) is 0. The van der Waals surface area contributed by atoms with Gasteiger partial charge in [0.05, 0.1) is 0 Å². The molecule has 8 aromatic carbocycles. The lowest BCUT2D eigenvalue weighted by Gasteiger charge is -2.37. The fraction of sp³-hybridized carbons (Fsp3) is 0. The molecule has 8 rings (SSSR count). The lowest BCUT2D eigenvalue weighted by molar-refractivity contribution is 0.490. The zero-order chi connectivity index (χ0) is 34.4. The van der Waals surface area contributed by atoms with Crippen molar-refractivity contribution >= 4 is 57.6 Å². The van der Waals surface area contributed by atoms with E-state index in [9.17, 15) is 0 Å². The van der Waals surface area contributed by atoms with Gasteiger partial charge in [-0.05, 0) is 53.6 Å². The van der Waals surface area contributed by atoms with Crippen LogP contribution in [0.3, 0.4) is 0 Å². The van der Waals surface area contributed by atoms with Gasteiger partial charge in [-0.1, -0.05) is 218 Å². The number of para-hydroxylation sites is 2. The van der Waals surface area contributed by atoms with Gasteiger partial charge in [-0.25, -0.2) is 0 Å². The molecule has 0 amide bonds. The Morgan fingerprint density at radius 1 is 0.216 bits per heavy atom. The standard InChI is InChI=1S/C48H38OSi2/c1-7-23-39(24-8-1)50(40-25-9-2-10-26-40,41-27-11-3-12-28-41)47-37-21-19-35-45(47)49-46-36-20-22-38-48(46)51(42-29-13-4-14-30-42,43-31-15-5-16-32-43)44-33-17-6-18-34-44/h1-38H. The van der Waals surface area contributed by atoms with E-state index in [0.29, 0.717) is 0 Å². The molecule has 51 heavy (non-hydrogen) atoms. The van der Waals surface area contributed by atoms with Gasteiger partial charge >= 0.3 is 0 Å². The third-order valence-corrected chi connectivity index (χ3v) is 19.7. The normalized spacial score (nSPS) is 11.5. The van der Waals surface area contributed by atoms with E-state index in [-0.39, 0.29) is 0 Å². The molecule has 0 aliphatic carbocycles. The van der Waals surface area contributed by atoms with Crippen LogP contribution in [-0.2, 0) is 0 Å². The summed E-state index contributed by atoms with van der Waals surface area (Å²) in [6.07, 6.45) is 0. The van der Waals surface area contributed by atoms with Crippen molar-refractivity contribution in [3.63, 3.8) is 0 Å². The van der Waals surface area contributed by atoms with Crippen LogP contribution in [0.15, 0.2) is 231 Å². The second-order valence-corrected chi connectivity index (χ2v) is 20.3. The van der Waals surface area contributed by atoms with E-state index >= 15 is 0 Å². The highest BCUT2D eigenvalue weighted by molar-refractivity contribution is 7.21. The molecule has 8 aromatic rings. The summed E-state index contributed by atoms with van der Waals surface area (Å²) in [5.74, 6) is 1.76. The van der Waals surface area contributed by atoms with E-state index in [1.165, 1.54) is 41.5 Å². The first-order valence-corrected chi connectivity index (χ1v) is 21.5. The van der Waals surface area contributed by atoms with Gasteiger partial charge in [0.25, 0.3) is 0 Å². The summed E-state index contributed by atoms with van der Waals surface area (Å²) in [6, 6.07) is 83.8. The first-order chi connectivity index (χ1) is 25.3. The van der Waals surface area contributed by atoms with E-state index in [1.807, 2.05) is 0 Å². The predicted octanol–water partition coefficient (Wildman–Crippen LogP) is 6.23. The average Bonchev–Trinajstić information content (AvgIpc) is 3.22. The van der Waals surface area contributed by atoms with Crippen LogP contribution >= 0.6 is 0 Å². The van der Waals surface area contributed by atoms with Crippen LogP contribution in [-0.4, -0.2) is 16.1 Å². The van der Waals surface area contributed by atoms with Crippen LogP contribution in [0.1, 0.15) is 0 Å². The van der Waals surface area contributed by atoms with Crippen LogP contribution < -0.4 is 46.2 Å². The molecular weight excluding hydrogens is 649 g/mol. The highest BCUT2D eigenvalue weighted by Crippen LogP contribution is 2.25. The van der Waals surface area contributed by atoms with E-state index in [1.54, 1.807) is 0 Å². The molecule has 0 atom stereocenters. The zero-order valence-electron chi connectivity index (χ0n) is 28.3. The minimum absolute atomic E-state index is 0.880. The maximum Gasteiger partial charge on any atom is 0.183 e. The minimum atomic E-state index is -2.87. The highest BCUT2D eigenvalue weighted by atomic mass is 28.3. The molecule has 0 aliphatic heterocycles. The number of rotatable bonds is 10. The zero-order valence-corrected chi connectivity index (χ0v) is 30.3. The Balaban J connectivity index is 1.41. The molecule has 0 heterocycles. The molecule has 0 N–H and O–H groups in total. The van der Waals surface area contributed by atoms with Gasteiger partial charge in [0.15, 0.2) is 16.1 Å². The van der Waals surface area contributed by atoms with Gasteiger partial charge < -0.3 is 4.74 Å². The third-order valence-electron chi connectivity index (χ3n) is 10.0. The second kappa shape index (κ2) is 14.5. The number of hydrogen-bond acceptors (Lipinski definition) is 1. The Labute approximate surface area is 303 Å². The maximum absolute atomic E-state index is 7.45. The Bertz CT molecular complexity index is 1950. The van der Waals surface area contributed by atoms with Crippen LogP contribution in [0.25, 0.3) is 0 Å². The van der Waals surface area contributed by atoms with Crippen molar-refractivity contribution < 1.29 is 4.74 Å². The van der Waals surface area contributed by atoms with E-state index in [0.717, 1.165) is 11.5 Å². The predicted molar refractivity (Wildman–Crippen MR) is 220 cm³/mol. The summed E-state index contributed by atoms with van der Waals surface area (Å²) < 4.78 is 7.45. The van der Waals surface area contributed by atoms with Gasteiger partial charge in [0.1, 0.15) is 11.5 Å². The van der Waals surface area contributed by atoms with Gasteiger partial charge in [-0.2, -0.15) is 0 Å². The molecule has 3 heteroatoms. The van der Waals surface area contributed by atoms with Gasteiger partial charge in [-0.15, -0.1) is 0 Å². The Hall–Kier alpha value is -6.01. The van der Waals surface area contributed by atoms with Crippen molar-refractivity contribution in [2.75, 3.05) is 0 Å². The van der Waals surface area contributed by atoms with Crippen LogP contribution in [0.4, 0.5) is 0 Å². The van der Waals surface area contributed by atoms with Crippen LogP contribution in [0.5, 0.6) is 11.5 Å².